The molecule has 0 unspecified atom stereocenters. The molecule has 0 radical (unpaired) electrons. The number of anilines is 1. The fourth-order valence-corrected chi connectivity index (χ4v) is 1.62. The van der Waals surface area contributed by atoms with E-state index in [4.69, 9.17) is 5.73 Å². The number of hydrogen-bond acceptors (Lipinski definition) is 4. The van der Waals surface area contributed by atoms with E-state index >= 15 is 0 Å². The Morgan fingerprint density at radius 1 is 1.32 bits per heavy atom. The van der Waals surface area contributed by atoms with Crippen LogP contribution in [0.2, 0.25) is 0 Å². The highest BCUT2D eigenvalue weighted by Gasteiger charge is 2.02. The van der Waals surface area contributed by atoms with Crippen LogP contribution in [0.3, 0.4) is 0 Å². The molecule has 1 aromatic carbocycles. The van der Waals surface area contributed by atoms with Crippen LogP contribution in [0.5, 0.6) is 0 Å². The molecule has 6 heteroatoms. The Balaban J connectivity index is 2.17. The molecule has 3 N–H and O–H groups in total. The lowest BCUT2D eigenvalue weighted by Crippen LogP contribution is -2.17. The normalized spacial score (nSPS) is 10.2. The Hall–Kier alpha value is -2.47. The highest BCUT2D eigenvalue weighted by atomic mass is 16.1. The van der Waals surface area contributed by atoms with Crippen molar-refractivity contribution in [3.63, 3.8) is 0 Å². The van der Waals surface area contributed by atoms with Crippen molar-refractivity contribution >= 4 is 11.6 Å². The zero-order valence-electron chi connectivity index (χ0n) is 10.2. The minimum absolute atomic E-state index is 0.128. The van der Waals surface area contributed by atoms with Gasteiger partial charge in [-0.2, -0.15) is 0 Å². The van der Waals surface area contributed by atoms with E-state index in [1.165, 1.54) is 10.8 Å². The summed E-state index contributed by atoms with van der Waals surface area (Å²) in [6, 6.07) is 6.96. The maximum atomic E-state index is 11.6. The van der Waals surface area contributed by atoms with E-state index in [1.54, 1.807) is 36.7 Å². The third-order valence-electron chi connectivity index (χ3n) is 2.52. The van der Waals surface area contributed by atoms with Crippen molar-refractivity contribution in [3.05, 3.63) is 53.2 Å². The fourth-order valence-electron chi connectivity index (χ4n) is 1.62. The molecule has 6 nitrogen and oxygen atoms in total. The molecule has 0 atom stereocenters. The fraction of sp³-hybridized carbons (Fsp3) is 0.154. The number of aromatic nitrogens is 2. The minimum atomic E-state index is -0.206. The standard InChI is InChI=1S/C13H14N4O2/c14-6-5-12(18)16-10-1-3-11(4-2-10)17-8-7-15-9-13(17)19/h1-4,7-9H,5-6,14H2,(H,16,18). The lowest BCUT2D eigenvalue weighted by atomic mass is 10.2. The second kappa shape index (κ2) is 5.92. The van der Waals surface area contributed by atoms with Crippen LogP contribution < -0.4 is 16.6 Å². The van der Waals surface area contributed by atoms with Gasteiger partial charge in [-0.15, -0.1) is 0 Å². The van der Waals surface area contributed by atoms with E-state index in [-0.39, 0.29) is 17.9 Å². The smallest absolute Gasteiger partial charge is 0.273 e. The van der Waals surface area contributed by atoms with Crippen molar-refractivity contribution in [1.82, 2.24) is 9.55 Å². The van der Waals surface area contributed by atoms with Crippen LogP contribution in [0, 0.1) is 0 Å². The number of hydrogen-bond donors (Lipinski definition) is 2. The summed E-state index contributed by atoms with van der Waals surface area (Å²) in [5, 5.41) is 2.72. The Kier molecular flexibility index (Phi) is 4.04. The first-order valence-corrected chi connectivity index (χ1v) is 5.84. The number of nitrogens with one attached hydrogen (secondary N) is 1. The predicted octanol–water partition coefficient (Wildman–Crippen LogP) is 0.520. The lowest BCUT2D eigenvalue weighted by molar-refractivity contribution is -0.116. The van der Waals surface area contributed by atoms with Crippen LogP contribution in [-0.4, -0.2) is 22.0 Å². The van der Waals surface area contributed by atoms with E-state index in [0.29, 0.717) is 17.9 Å². The zero-order chi connectivity index (χ0) is 13.7. The summed E-state index contributed by atoms with van der Waals surface area (Å²) in [7, 11) is 0. The molecule has 1 amide bonds. The summed E-state index contributed by atoms with van der Waals surface area (Å²) < 4.78 is 1.47. The van der Waals surface area contributed by atoms with Gasteiger partial charge in [-0.05, 0) is 24.3 Å². The Morgan fingerprint density at radius 3 is 2.68 bits per heavy atom. The number of nitrogens with zero attached hydrogens (tertiary/aromatic N) is 2. The van der Waals surface area contributed by atoms with Gasteiger partial charge in [0.15, 0.2) is 0 Å². The van der Waals surface area contributed by atoms with Crippen molar-refractivity contribution in [3.8, 4) is 5.69 Å². The summed E-state index contributed by atoms with van der Waals surface area (Å²) in [5.74, 6) is -0.128. The van der Waals surface area contributed by atoms with Gasteiger partial charge in [0.2, 0.25) is 5.91 Å². The van der Waals surface area contributed by atoms with Crippen LogP contribution in [0.4, 0.5) is 5.69 Å². The monoisotopic (exact) mass is 258 g/mol. The van der Waals surface area contributed by atoms with Gasteiger partial charge >= 0.3 is 0 Å². The van der Waals surface area contributed by atoms with Crippen LogP contribution in [0.1, 0.15) is 6.42 Å². The molecule has 0 fully saturated rings. The summed E-state index contributed by atoms with van der Waals surface area (Å²) in [6.45, 7) is 0.316. The number of carbonyl (C=O) groups excluding carboxylic acids is 1. The summed E-state index contributed by atoms with van der Waals surface area (Å²) >= 11 is 0. The van der Waals surface area contributed by atoms with E-state index in [0.717, 1.165) is 0 Å². The molecule has 0 saturated heterocycles. The van der Waals surface area contributed by atoms with Crippen LogP contribution in [0.25, 0.3) is 5.69 Å². The second-order valence-electron chi connectivity index (χ2n) is 3.92. The molecular formula is C13H14N4O2. The van der Waals surface area contributed by atoms with Crippen molar-refractivity contribution in [2.75, 3.05) is 11.9 Å². The highest BCUT2D eigenvalue weighted by molar-refractivity contribution is 5.90. The van der Waals surface area contributed by atoms with Gasteiger partial charge in [0, 0.05) is 36.7 Å². The third-order valence-corrected chi connectivity index (χ3v) is 2.52. The molecular weight excluding hydrogens is 244 g/mol. The van der Waals surface area contributed by atoms with Gasteiger partial charge in [0.1, 0.15) is 0 Å². The molecule has 2 aromatic rings. The number of rotatable bonds is 4. The number of nitrogens with two attached hydrogens (primary N) is 1. The molecule has 0 saturated carbocycles. The summed E-state index contributed by atoms with van der Waals surface area (Å²) in [6.07, 6.45) is 4.66. The van der Waals surface area contributed by atoms with Gasteiger partial charge in [0.05, 0.1) is 6.20 Å². The largest absolute Gasteiger partial charge is 0.330 e. The van der Waals surface area contributed by atoms with Crippen molar-refractivity contribution in [2.24, 2.45) is 5.73 Å². The van der Waals surface area contributed by atoms with Gasteiger partial charge in [-0.1, -0.05) is 0 Å². The maximum absolute atomic E-state index is 11.6. The Bertz CT molecular complexity index is 619. The average Bonchev–Trinajstić information content (AvgIpc) is 2.41. The van der Waals surface area contributed by atoms with Gasteiger partial charge < -0.3 is 11.1 Å². The topological polar surface area (TPSA) is 90.0 Å². The van der Waals surface area contributed by atoms with Crippen LogP contribution >= 0.6 is 0 Å². The van der Waals surface area contributed by atoms with E-state index < -0.39 is 0 Å². The third kappa shape index (κ3) is 3.26. The quantitative estimate of drug-likeness (QED) is 0.836. The first-order valence-electron chi connectivity index (χ1n) is 5.84. The Morgan fingerprint density at radius 2 is 2.05 bits per heavy atom. The van der Waals surface area contributed by atoms with Gasteiger partial charge in [-0.3, -0.25) is 19.1 Å². The van der Waals surface area contributed by atoms with Gasteiger partial charge in [-0.25, -0.2) is 0 Å². The molecule has 0 bridgehead atoms. The average molecular weight is 258 g/mol. The van der Waals surface area contributed by atoms with Crippen molar-refractivity contribution in [1.29, 1.82) is 0 Å². The van der Waals surface area contributed by atoms with Crippen molar-refractivity contribution < 1.29 is 4.79 Å². The molecule has 0 aliphatic heterocycles. The molecule has 1 aromatic heterocycles. The highest BCUT2D eigenvalue weighted by Crippen LogP contribution is 2.11. The molecule has 0 aliphatic carbocycles. The minimum Gasteiger partial charge on any atom is -0.330 e. The lowest BCUT2D eigenvalue weighted by Gasteiger charge is -2.07. The molecule has 2 rings (SSSR count). The maximum Gasteiger partial charge on any atom is 0.273 e. The molecule has 1 heterocycles. The molecule has 19 heavy (non-hydrogen) atoms. The predicted molar refractivity (Wildman–Crippen MR) is 72.1 cm³/mol. The summed E-state index contributed by atoms with van der Waals surface area (Å²) in [4.78, 5) is 26.7. The SMILES string of the molecule is NCCC(=O)Nc1ccc(-n2ccncc2=O)cc1. The van der Waals surface area contributed by atoms with E-state index in [9.17, 15) is 9.59 Å². The Labute approximate surface area is 109 Å². The number of amides is 1. The van der Waals surface area contributed by atoms with Crippen LogP contribution in [0.15, 0.2) is 47.7 Å². The van der Waals surface area contributed by atoms with Crippen LogP contribution in [-0.2, 0) is 4.79 Å². The number of benzene rings is 1. The first-order chi connectivity index (χ1) is 9.20. The van der Waals surface area contributed by atoms with Gasteiger partial charge in [0.25, 0.3) is 5.56 Å². The first kappa shape index (κ1) is 13.0. The molecule has 98 valence electrons. The zero-order valence-corrected chi connectivity index (χ0v) is 10.2. The second-order valence-corrected chi connectivity index (χ2v) is 3.92. The number of carbonyl (C=O) groups is 1. The van der Waals surface area contributed by atoms with E-state index in [1.807, 2.05) is 0 Å². The molecule has 0 aliphatic rings. The summed E-state index contributed by atoms with van der Waals surface area (Å²) in [5.41, 5.74) is 6.47. The van der Waals surface area contributed by atoms with E-state index in [2.05, 4.69) is 10.3 Å². The van der Waals surface area contributed by atoms with Crippen molar-refractivity contribution in [2.45, 2.75) is 6.42 Å². The molecule has 0 spiro atoms.